The van der Waals surface area contributed by atoms with Gasteiger partial charge in [-0.05, 0) is 6.42 Å². The van der Waals surface area contributed by atoms with Crippen LogP contribution in [-0.4, -0.2) is 62.4 Å². The van der Waals surface area contributed by atoms with Crippen molar-refractivity contribution >= 4 is 11.9 Å². The first kappa shape index (κ1) is 18.4. The Labute approximate surface area is 142 Å². The molecule has 0 bridgehead atoms. The van der Waals surface area contributed by atoms with Crippen molar-refractivity contribution in [1.29, 1.82) is 0 Å². The summed E-state index contributed by atoms with van der Waals surface area (Å²) in [5.41, 5.74) is 0.718. The lowest BCUT2D eigenvalue weighted by Gasteiger charge is -2.27. The summed E-state index contributed by atoms with van der Waals surface area (Å²) in [5, 5.41) is 2.81. The average molecular weight is 338 g/mol. The van der Waals surface area contributed by atoms with E-state index in [1.807, 2.05) is 4.90 Å². The number of carbonyl (C=O) groups is 1. The van der Waals surface area contributed by atoms with Crippen molar-refractivity contribution in [2.45, 2.75) is 26.4 Å². The number of methoxy groups -OCH3 is 1. The normalized spacial score (nSPS) is 14.5. The first-order chi connectivity index (χ1) is 11.7. The number of nitrogens with one attached hydrogen (secondary N) is 1. The fourth-order valence-electron chi connectivity index (χ4n) is 2.25. The molecule has 0 saturated carbocycles. The number of aromatic nitrogens is 2. The molecule has 0 aliphatic carbocycles. The standard InChI is InChI=1S/C16H26N4O4/c1-3-4-5-17-14(21)12-24-15-10-13(11-22-2)18-16(19-15)20-6-8-23-9-7-20/h10H,3-9,11-12H2,1-2H3,(H,17,21). The molecular weight excluding hydrogens is 312 g/mol. The van der Waals surface area contributed by atoms with Gasteiger partial charge < -0.3 is 24.4 Å². The minimum atomic E-state index is -0.150. The van der Waals surface area contributed by atoms with Crippen LogP contribution in [0.5, 0.6) is 5.88 Å². The number of amides is 1. The predicted molar refractivity (Wildman–Crippen MR) is 89.2 cm³/mol. The van der Waals surface area contributed by atoms with Gasteiger partial charge in [0.25, 0.3) is 5.91 Å². The van der Waals surface area contributed by atoms with E-state index < -0.39 is 0 Å². The van der Waals surface area contributed by atoms with Crippen LogP contribution in [0.3, 0.4) is 0 Å². The van der Waals surface area contributed by atoms with Crippen molar-refractivity contribution in [3.63, 3.8) is 0 Å². The van der Waals surface area contributed by atoms with Gasteiger partial charge in [0.2, 0.25) is 11.8 Å². The van der Waals surface area contributed by atoms with Gasteiger partial charge in [-0.3, -0.25) is 4.79 Å². The van der Waals surface area contributed by atoms with Crippen LogP contribution in [0.15, 0.2) is 6.07 Å². The van der Waals surface area contributed by atoms with Crippen LogP contribution >= 0.6 is 0 Å². The Morgan fingerprint density at radius 1 is 1.38 bits per heavy atom. The second-order valence-electron chi connectivity index (χ2n) is 5.52. The number of hydrogen-bond acceptors (Lipinski definition) is 7. The third kappa shape index (κ3) is 5.93. The molecular formula is C16H26N4O4. The van der Waals surface area contributed by atoms with Gasteiger partial charge in [-0.15, -0.1) is 0 Å². The van der Waals surface area contributed by atoms with E-state index in [-0.39, 0.29) is 12.5 Å². The molecule has 0 atom stereocenters. The zero-order chi connectivity index (χ0) is 17.2. The molecule has 1 saturated heterocycles. The molecule has 8 nitrogen and oxygen atoms in total. The van der Waals surface area contributed by atoms with E-state index in [0.29, 0.717) is 38.2 Å². The maximum absolute atomic E-state index is 11.8. The Bertz CT molecular complexity index is 521. The van der Waals surface area contributed by atoms with Crippen LogP contribution in [0.4, 0.5) is 5.95 Å². The molecule has 0 unspecified atom stereocenters. The highest BCUT2D eigenvalue weighted by atomic mass is 16.5. The SMILES string of the molecule is CCCCNC(=O)COc1cc(COC)nc(N2CCOCC2)n1. The first-order valence-electron chi connectivity index (χ1n) is 8.32. The molecule has 1 aromatic heterocycles. The van der Waals surface area contributed by atoms with Gasteiger partial charge in [0.15, 0.2) is 6.61 Å². The lowest BCUT2D eigenvalue weighted by atomic mass is 10.3. The maximum Gasteiger partial charge on any atom is 0.258 e. The maximum atomic E-state index is 11.8. The summed E-state index contributed by atoms with van der Waals surface area (Å²) in [6.45, 7) is 5.79. The number of carbonyl (C=O) groups excluding carboxylic acids is 1. The summed E-state index contributed by atoms with van der Waals surface area (Å²) in [6.07, 6.45) is 1.99. The molecule has 0 radical (unpaired) electrons. The number of nitrogens with zero attached hydrogens (tertiary/aromatic N) is 3. The zero-order valence-corrected chi connectivity index (χ0v) is 14.4. The Hall–Kier alpha value is -1.93. The molecule has 1 aliphatic heterocycles. The fraction of sp³-hybridized carbons (Fsp3) is 0.688. The van der Waals surface area contributed by atoms with Crippen molar-refractivity contribution in [1.82, 2.24) is 15.3 Å². The number of anilines is 1. The summed E-state index contributed by atoms with van der Waals surface area (Å²) in [5.74, 6) is 0.807. The average Bonchev–Trinajstić information content (AvgIpc) is 2.61. The van der Waals surface area contributed by atoms with Crippen LogP contribution < -0.4 is 15.0 Å². The third-order valence-electron chi connectivity index (χ3n) is 3.53. The van der Waals surface area contributed by atoms with Gasteiger partial charge in [-0.1, -0.05) is 13.3 Å². The van der Waals surface area contributed by atoms with E-state index in [4.69, 9.17) is 14.2 Å². The highest BCUT2D eigenvalue weighted by Crippen LogP contribution is 2.17. The molecule has 0 aromatic carbocycles. The third-order valence-corrected chi connectivity index (χ3v) is 3.53. The Kier molecular flexibility index (Phi) is 7.70. The molecule has 8 heteroatoms. The van der Waals surface area contributed by atoms with Gasteiger partial charge in [-0.2, -0.15) is 4.98 Å². The van der Waals surface area contributed by atoms with E-state index in [2.05, 4.69) is 22.2 Å². The molecule has 1 N–H and O–H groups in total. The molecule has 0 spiro atoms. The van der Waals surface area contributed by atoms with Gasteiger partial charge in [0.1, 0.15) is 0 Å². The van der Waals surface area contributed by atoms with Gasteiger partial charge >= 0.3 is 0 Å². The van der Waals surface area contributed by atoms with Crippen molar-refractivity contribution in [3.05, 3.63) is 11.8 Å². The molecule has 1 aliphatic rings. The van der Waals surface area contributed by atoms with E-state index in [1.165, 1.54) is 0 Å². The highest BCUT2D eigenvalue weighted by molar-refractivity contribution is 5.77. The minimum absolute atomic E-state index is 0.0598. The van der Waals surface area contributed by atoms with Gasteiger partial charge in [-0.25, -0.2) is 4.98 Å². The number of unbranched alkanes of at least 4 members (excludes halogenated alkanes) is 1. The number of ether oxygens (including phenoxy) is 3. The quantitative estimate of drug-likeness (QED) is 0.665. The molecule has 134 valence electrons. The van der Waals surface area contributed by atoms with Crippen LogP contribution in [0.2, 0.25) is 0 Å². The molecule has 24 heavy (non-hydrogen) atoms. The second kappa shape index (κ2) is 10.0. The van der Waals surface area contributed by atoms with Crippen molar-refractivity contribution < 1.29 is 19.0 Å². The summed E-state index contributed by atoms with van der Waals surface area (Å²) in [4.78, 5) is 22.7. The first-order valence-corrected chi connectivity index (χ1v) is 8.32. The Balaban J connectivity index is 1.99. The minimum Gasteiger partial charge on any atom is -0.467 e. The highest BCUT2D eigenvalue weighted by Gasteiger charge is 2.16. The summed E-state index contributed by atoms with van der Waals surface area (Å²) >= 11 is 0. The Morgan fingerprint density at radius 2 is 2.17 bits per heavy atom. The zero-order valence-electron chi connectivity index (χ0n) is 14.4. The summed E-state index contributed by atoms with van der Waals surface area (Å²) < 4.78 is 16.0. The van der Waals surface area contributed by atoms with E-state index in [9.17, 15) is 4.79 Å². The smallest absolute Gasteiger partial charge is 0.258 e. The summed E-state index contributed by atoms with van der Waals surface area (Å²) in [6, 6.07) is 1.70. The molecule has 1 fully saturated rings. The second-order valence-corrected chi connectivity index (χ2v) is 5.52. The lowest BCUT2D eigenvalue weighted by Crippen LogP contribution is -2.37. The fourth-order valence-corrected chi connectivity index (χ4v) is 2.25. The molecule has 1 aromatic rings. The van der Waals surface area contributed by atoms with E-state index in [1.54, 1.807) is 13.2 Å². The van der Waals surface area contributed by atoms with Crippen molar-refractivity contribution in [2.24, 2.45) is 0 Å². The Morgan fingerprint density at radius 3 is 2.88 bits per heavy atom. The lowest BCUT2D eigenvalue weighted by molar-refractivity contribution is -0.123. The van der Waals surface area contributed by atoms with Crippen molar-refractivity contribution in [3.8, 4) is 5.88 Å². The number of hydrogen-bond donors (Lipinski definition) is 1. The monoisotopic (exact) mass is 338 g/mol. The predicted octanol–water partition coefficient (Wildman–Crippen LogP) is 0.755. The van der Waals surface area contributed by atoms with Crippen LogP contribution in [0.25, 0.3) is 0 Å². The van der Waals surface area contributed by atoms with E-state index >= 15 is 0 Å². The molecule has 2 heterocycles. The van der Waals surface area contributed by atoms with Crippen molar-refractivity contribution in [2.75, 3.05) is 51.5 Å². The number of rotatable bonds is 9. The van der Waals surface area contributed by atoms with E-state index in [0.717, 1.165) is 31.6 Å². The number of morpholine rings is 1. The van der Waals surface area contributed by atoms with Crippen LogP contribution in [-0.2, 0) is 20.9 Å². The van der Waals surface area contributed by atoms with Crippen LogP contribution in [0, 0.1) is 0 Å². The van der Waals surface area contributed by atoms with Gasteiger partial charge in [0.05, 0.1) is 25.5 Å². The molecule has 1 amide bonds. The topological polar surface area (TPSA) is 85.8 Å². The summed E-state index contributed by atoms with van der Waals surface area (Å²) in [7, 11) is 1.61. The molecule has 2 rings (SSSR count). The largest absolute Gasteiger partial charge is 0.467 e. The van der Waals surface area contributed by atoms with Gasteiger partial charge in [0, 0.05) is 32.8 Å². The van der Waals surface area contributed by atoms with Crippen LogP contribution in [0.1, 0.15) is 25.5 Å².